The smallest absolute Gasteiger partial charge is 0.261 e. The number of aliphatic hydroxyl groups excluding tert-OH is 1. The lowest BCUT2D eigenvalue weighted by Gasteiger charge is -2.35. The number of nitrogens with one attached hydrogen (secondary N) is 1. The van der Waals surface area contributed by atoms with Crippen LogP contribution in [0.2, 0.25) is 0 Å². The molecule has 1 aromatic carbocycles. The van der Waals surface area contributed by atoms with Crippen LogP contribution in [0, 0.1) is 11.8 Å². The summed E-state index contributed by atoms with van der Waals surface area (Å²) in [4.78, 5) is 33.0. The van der Waals surface area contributed by atoms with E-state index in [1.54, 1.807) is 41.6 Å². The van der Waals surface area contributed by atoms with E-state index in [1.807, 2.05) is 13.8 Å². The normalized spacial score (nSPS) is 23.3. The summed E-state index contributed by atoms with van der Waals surface area (Å²) < 4.78 is 42.0. The minimum Gasteiger partial charge on any atom is -0.490 e. The number of likely N-dealkylation sites (N-methyl/N-ethyl adjacent to an activating group) is 1. The van der Waals surface area contributed by atoms with Gasteiger partial charge >= 0.3 is 0 Å². The molecule has 46 heavy (non-hydrogen) atoms. The highest BCUT2D eigenvalue weighted by molar-refractivity contribution is 7.89. The molecule has 2 aliphatic rings. The van der Waals surface area contributed by atoms with Gasteiger partial charge in [0.15, 0.2) is 5.03 Å². The molecule has 1 saturated carbocycles. The monoisotopic (exact) mass is 661 g/mol. The largest absolute Gasteiger partial charge is 0.490 e. The lowest BCUT2D eigenvalue weighted by Crippen LogP contribution is -2.48. The molecule has 2 N–H and O–H groups in total. The van der Waals surface area contributed by atoms with Crippen LogP contribution in [-0.2, 0) is 26.6 Å². The number of nitrogens with zero attached hydrogens (tertiary/aromatic N) is 4. The molecule has 0 unspecified atom stereocenters. The minimum atomic E-state index is -3.87. The van der Waals surface area contributed by atoms with Crippen molar-refractivity contribution in [3.8, 4) is 5.75 Å². The topological polar surface area (TPSA) is 143 Å². The fourth-order valence-electron chi connectivity index (χ4n) is 6.11. The van der Waals surface area contributed by atoms with Gasteiger partial charge in [-0.3, -0.25) is 9.59 Å². The quantitative estimate of drug-likeness (QED) is 0.432. The molecule has 0 spiro atoms. The number of carbonyl (C=O) groups excluding carboxylic acids is 2. The van der Waals surface area contributed by atoms with E-state index >= 15 is 0 Å². The molecule has 13 heteroatoms. The highest BCUT2D eigenvalue weighted by Gasteiger charge is 2.33. The van der Waals surface area contributed by atoms with E-state index < -0.39 is 22.2 Å². The Morgan fingerprint density at radius 1 is 1.15 bits per heavy atom. The number of anilines is 1. The number of imidazole rings is 1. The van der Waals surface area contributed by atoms with Gasteiger partial charge in [-0.05, 0) is 64.2 Å². The molecule has 1 aliphatic heterocycles. The van der Waals surface area contributed by atoms with Crippen molar-refractivity contribution in [2.75, 3.05) is 38.7 Å². The standard InChI is InChI=1S/C33H51N5O7S/c1-23-18-38(24(2)21-39)33(41)28-17-27(35-32(40)26-12-7-6-8-13-26)14-15-29(28)45-25(3)11-9-10-16-44-30(23)19-37(5)46(42,43)31-20-36(4)22-34-31/h14-15,17,20,22-26,30,39H,6-13,16,18-19,21H2,1-5H3,(H,35,40)/t23-,24-,25-,30+/m0/s1. The number of rotatable bonds is 8. The molecular formula is C33H51N5O7S. The van der Waals surface area contributed by atoms with Crippen LogP contribution in [0.1, 0.15) is 82.5 Å². The number of hydrogen-bond acceptors (Lipinski definition) is 8. The zero-order valence-electron chi connectivity index (χ0n) is 27.9. The molecule has 12 nitrogen and oxygen atoms in total. The van der Waals surface area contributed by atoms with Gasteiger partial charge in [0.2, 0.25) is 5.91 Å². The van der Waals surface area contributed by atoms with Crippen molar-refractivity contribution in [1.29, 1.82) is 0 Å². The average molecular weight is 662 g/mol. The lowest BCUT2D eigenvalue weighted by molar-refractivity contribution is -0.120. The number of hydrogen-bond donors (Lipinski definition) is 2. The van der Waals surface area contributed by atoms with Gasteiger partial charge in [-0.15, -0.1) is 0 Å². The first kappa shape index (κ1) is 35.8. The van der Waals surface area contributed by atoms with E-state index in [0.717, 1.165) is 51.4 Å². The van der Waals surface area contributed by atoms with Gasteiger partial charge in [-0.25, -0.2) is 13.4 Å². The number of aryl methyl sites for hydroxylation is 1. The predicted octanol–water partition coefficient (Wildman–Crippen LogP) is 4.06. The van der Waals surface area contributed by atoms with Gasteiger partial charge in [-0.2, -0.15) is 4.31 Å². The van der Waals surface area contributed by atoms with Crippen LogP contribution in [0.5, 0.6) is 5.75 Å². The third-order valence-electron chi connectivity index (χ3n) is 9.09. The molecule has 1 fully saturated rings. The van der Waals surface area contributed by atoms with Crippen LogP contribution in [0.25, 0.3) is 0 Å². The second-order valence-corrected chi connectivity index (χ2v) is 15.0. The Labute approximate surface area is 273 Å². The van der Waals surface area contributed by atoms with Crippen LogP contribution < -0.4 is 10.1 Å². The van der Waals surface area contributed by atoms with E-state index in [-0.39, 0.29) is 54.5 Å². The SMILES string of the molecule is C[C@H]1CCCCO[C@H](CN(C)S(=O)(=O)c2cn(C)cn2)[C@@H](C)CN([C@@H](C)CO)C(=O)c2cc(NC(=O)C3CCCCC3)ccc2O1. The number of fused-ring (bicyclic) bond motifs is 1. The Bertz CT molecular complexity index is 1430. The molecule has 256 valence electrons. The van der Waals surface area contributed by atoms with Crippen molar-refractivity contribution >= 4 is 27.5 Å². The lowest BCUT2D eigenvalue weighted by atomic mass is 9.88. The first-order chi connectivity index (χ1) is 21.9. The van der Waals surface area contributed by atoms with Crippen molar-refractivity contribution in [2.24, 2.45) is 18.9 Å². The summed E-state index contributed by atoms with van der Waals surface area (Å²) in [5.41, 5.74) is 0.817. The zero-order chi connectivity index (χ0) is 33.4. The number of aliphatic hydroxyl groups is 1. The highest BCUT2D eigenvalue weighted by atomic mass is 32.2. The summed E-state index contributed by atoms with van der Waals surface area (Å²) in [6, 6.07) is 4.62. The van der Waals surface area contributed by atoms with Crippen molar-refractivity contribution in [3.05, 3.63) is 36.3 Å². The molecule has 2 aromatic rings. The summed E-state index contributed by atoms with van der Waals surface area (Å²) in [5.74, 6) is -0.324. The first-order valence-electron chi connectivity index (χ1n) is 16.5. The zero-order valence-corrected chi connectivity index (χ0v) is 28.7. The number of benzene rings is 1. The van der Waals surface area contributed by atoms with Crippen molar-refractivity contribution in [1.82, 2.24) is 18.8 Å². The molecule has 4 rings (SSSR count). The minimum absolute atomic E-state index is 0.0405. The van der Waals surface area contributed by atoms with Crippen molar-refractivity contribution in [2.45, 2.75) is 95.4 Å². The molecular weight excluding hydrogens is 610 g/mol. The van der Waals surface area contributed by atoms with Gasteiger partial charge in [0.25, 0.3) is 15.9 Å². The summed E-state index contributed by atoms with van der Waals surface area (Å²) >= 11 is 0. The Hall–Kier alpha value is -3.00. The number of carbonyl (C=O) groups is 2. The van der Waals surface area contributed by atoms with Gasteiger partial charge in [0.1, 0.15) is 5.75 Å². The molecule has 2 amide bonds. The number of amides is 2. The van der Waals surface area contributed by atoms with Crippen LogP contribution in [0.3, 0.4) is 0 Å². The first-order valence-corrected chi connectivity index (χ1v) is 17.9. The second-order valence-electron chi connectivity index (χ2n) is 13.0. The van der Waals surface area contributed by atoms with E-state index in [1.165, 1.54) is 23.9 Å². The highest BCUT2D eigenvalue weighted by Crippen LogP contribution is 2.30. The van der Waals surface area contributed by atoms with Crippen molar-refractivity contribution in [3.63, 3.8) is 0 Å². The average Bonchev–Trinajstić information content (AvgIpc) is 3.49. The summed E-state index contributed by atoms with van der Waals surface area (Å²) in [5, 5.41) is 13.2. The maximum Gasteiger partial charge on any atom is 0.261 e. The Kier molecular flexibility index (Phi) is 12.6. The molecule has 0 radical (unpaired) electrons. The van der Waals surface area contributed by atoms with E-state index in [4.69, 9.17) is 9.47 Å². The maximum atomic E-state index is 14.3. The van der Waals surface area contributed by atoms with E-state index in [2.05, 4.69) is 10.3 Å². The third kappa shape index (κ3) is 9.08. The molecule has 2 heterocycles. The Morgan fingerprint density at radius 2 is 1.87 bits per heavy atom. The molecule has 4 atom stereocenters. The Balaban J connectivity index is 1.63. The third-order valence-corrected chi connectivity index (χ3v) is 10.8. The maximum absolute atomic E-state index is 14.3. The fourth-order valence-corrected chi connectivity index (χ4v) is 7.25. The van der Waals surface area contributed by atoms with Crippen LogP contribution >= 0.6 is 0 Å². The van der Waals surface area contributed by atoms with Gasteiger partial charge in [-0.1, -0.05) is 26.2 Å². The predicted molar refractivity (Wildman–Crippen MR) is 175 cm³/mol. The van der Waals surface area contributed by atoms with Gasteiger partial charge in [0, 0.05) is 57.5 Å². The number of ether oxygens (including phenoxy) is 2. The van der Waals surface area contributed by atoms with Gasteiger partial charge in [0.05, 0.1) is 36.7 Å². The van der Waals surface area contributed by atoms with Crippen LogP contribution in [0.4, 0.5) is 5.69 Å². The Morgan fingerprint density at radius 3 is 2.54 bits per heavy atom. The van der Waals surface area contributed by atoms with Crippen molar-refractivity contribution < 1.29 is 32.6 Å². The molecule has 1 aliphatic carbocycles. The fraction of sp³-hybridized carbons (Fsp3) is 0.667. The summed E-state index contributed by atoms with van der Waals surface area (Å²) in [6.45, 7) is 6.03. The number of sulfonamides is 1. The number of aromatic nitrogens is 2. The molecule has 0 saturated heterocycles. The summed E-state index contributed by atoms with van der Waals surface area (Å²) in [6.07, 6.45) is 9.40. The van der Waals surface area contributed by atoms with Gasteiger partial charge < -0.3 is 29.4 Å². The van der Waals surface area contributed by atoms with E-state index in [0.29, 0.717) is 23.6 Å². The second kappa shape index (κ2) is 16.2. The van der Waals surface area contributed by atoms with Crippen LogP contribution in [0.15, 0.2) is 35.7 Å². The molecule has 0 bridgehead atoms. The summed E-state index contributed by atoms with van der Waals surface area (Å²) in [7, 11) is -0.656. The van der Waals surface area contributed by atoms with E-state index in [9.17, 15) is 23.1 Å². The molecule has 1 aromatic heterocycles. The van der Waals surface area contributed by atoms with Crippen LogP contribution in [-0.4, -0.2) is 95.7 Å².